The Morgan fingerprint density at radius 2 is 1.79 bits per heavy atom. The van der Waals surface area contributed by atoms with Crippen LogP contribution in [0.3, 0.4) is 0 Å². The van der Waals surface area contributed by atoms with Crippen LogP contribution in [0.25, 0.3) is 6.08 Å². The molecule has 0 bridgehead atoms. The third-order valence-corrected chi connectivity index (χ3v) is 9.32. The standard InChI is InChI=1S/C27H36O/c1-26-15-4-5-24(26)23-13-10-21-9-6-20(18-27(21,2)25(23)14-16-26)17-19-7-11-22(28-3)12-8-19/h6-9,11-12,17,21,23-25H,4-5,10,13-16,18H2,1-3H3/b20-17+/t21-,23-,24+,25+,26-,27-/m1/s1. The lowest BCUT2D eigenvalue weighted by Gasteiger charge is -2.59. The van der Waals surface area contributed by atoms with Crippen molar-refractivity contribution in [1.82, 2.24) is 0 Å². The number of fused-ring (bicyclic) bond motifs is 5. The molecule has 0 N–H and O–H groups in total. The molecule has 3 saturated carbocycles. The Bertz CT molecular complexity index is 787. The summed E-state index contributed by atoms with van der Waals surface area (Å²) >= 11 is 0. The fourth-order valence-electron chi connectivity index (χ4n) is 7.81. The molecule has 0 amide bonds. The Labute approximate surface area is 171 Å². The van der Waals surface area contributed by atoms with Crippen molar-refractivity contribution in [2.75, 3.05) is 7.11 Å². The second kappa shape index (κ2) is 6.78. The van der Waals surface area contributed by atoms with E-state index in [-0.39, 0.29) is 0 Å². The van der Waals surface area contributed by atoms with Crippen molar-refractivity contribution < 1.29 is 4.74 Å². The first kappa shape index (κ1) is 18.5. The molecule has 1 heteroatoms. The summed E-state index contributed by atoms with van der Waals surface area (Å²) < 4.78 is 5.31. The summed E-state index contributed by atoms with van der Waals surface area (Å²) in [5.74, 6) is 4.63. The van der Waals surface area contributed by atoms with E-state index in [1.807, 2.05) is 0 Å². The van der Waals surface area contributed by atoms with Crippen LogP contribution in [0, 0.1) is 34.5 Å². The smallest absolute Gasteiger partial charge is 0.118 e. The summed E-state index contributed by atoms with van der Waals surface area (Å²) in [6.07, 6.45) is 19.0. The quantitative estimate of drug-likeness (QED) is 0.526. The zero-order chi connectivity index (χ0) is 19.4. The summed E-state index contributed by atoms with van der Waals surface area (Å²) in [6, 6.07) is 8.51. The van der Waals surface area contributed by atoms with Gasteiger partial charge in [-0.3, -0.25) is 0 Å². The average molecular weight is 377 g/mol. The lowest BCUT2D eigenvalue weighted by atomic mass is 9.46. The van der Waals surface area contributed by atoms with Crippen LogP contribution in [-0.2, 0) is 0 Å². The molecule has 6 atom stereocenters. The van der Waals surface area contributed by atoms with E-state index in [9.17, 15) is 0 Å². The molecule has 1 nitrogen and oxygen atoms in total. The molecule has 0 saturated heterocycles. The molecule has 4 aliphatic rings. The second-order valence-corrected chi connectivity index (χ2v) is 10.7. The Hall–Kier alpha value is -1.50. The van der Waals surface area contributed by atoms with Crippen LogP contribution in [0.5, 0.6) is 5.75 Å². The van der Waals surface area contributed by atoms with Gasteiger partial charge in [0.05, 0.1) is 7.11 Å². The molecule has 1 aromatic rings. The molecule has 0 aromatic heterocycles. The number of benzene rings is 1. The van der Waals surface area contributed by atoms with Gasteiger partial charge in [-0.15, -0.1) is 0 Å². The van der Waals surface area contributed by atoms with E-state index < -0.39 is 0 Å². The lowest BCUT2D eigenvalue weighted by molar-refractivity contribution is -0.0761. The van der Waals surface area contributed by atoms with Gasteiger partial charge in [-0.05, 0) is 103 Å². The normalized spacial score (nSPS) is 43.3. The summed E-state index contributed by atoms with van der Waals surface area (Å²) in [5.41, 5.74) is 3.93. The third-order valence-electron chi connectivity index (χ3n) is 9.32. The Kier molecular flexibility index (Phi) is 4.49. The molecule has 28 heavy (non-hydrogen) atoms. The predicted octanol–water partition coefficient (Wildman–Crippen LogP) is 7.29. The van der Waals surface area contributed by atoms with Crippen molar-refractivity contribution in [3.63, 3.8) is 0 Å². The Balaban J connectivity index is 1.42. The average Bonchev–Trinajstić information content (AvgIpc) is 3.10. The number of ether oxygens (including phenoxy) is 1. The predicted molar refractivity (Wildman–Crippen MR) is 117 cm³/mol. The van der Waals surface area contributed by atoms with E-state index in [4.69, 9.17) is 4.74 Å². The fraction of sp³-hybridized carbons (Fsp3) is 0.630. The molecule has 150 valence electrons. The van der Waals surface area contributed by atoms with Gasteiger partial charge in [0.1, 0.15) is 5.75 Å². The summed E-state index contributed by atoms with van der Waals surface area (Å²) in [4.78, 5) is 0. The maximum absolute atomic E-state index is 5.31. The van der Waals surface area contributed by atoms with Crippen molar-refractivity contribution in [3.8, 4) is 5.75 Å². The van der Waals surface area contributed by atoms with Gasteiger partial charge in [0, 0.05) is 0 Å². The second-order valence-electron chi connectivity index (χ2n) is 10.7. The van der Waals surface area contributed by atoms with Crippen LogP contribution < -0.4 is 4.74 Å². The number of allylic oxidation sites excluding steroid dienone is 3. The lowest BCUT2D eigenvalue weighted by Crippen LogP contribution is -2.51. The van der Waals surface area contributed by atoms with Crippen LogP contribution >= 0.6 is 0 Å². The van der Waals surface area contributed by atoms with E-state index in [2.05, 4.69) is 56.3 Å². The van der Waals surface area contributed by atoms with E-state index in [0.29, 0.717) is 10.8 Å². The molecule has 0 aliphatic heterocycles. The van der Waals surface area contributed by atoms with Crippen molar-refractivity contribution in [2.45, 2.75) is 65.2 Å². The van der Waals surface area contributed by atoms with E-state index in [0.717, 1.165) is 29.4 Å². The summed E-state index contributed by atoms with van der Waals surface area (Å²) in [5, 5.41) is 0. The van der Waals surface area contributed by atoms with E-state index in [1.165, 1.54) is 62.5 Å². The van der Waals surface area contributed by atoms with Crippen LogP contribution in [0.1, 0.15) is 70.8 Å². The van der Waals surface area contributed by atoms with Crippen LogP contribution in [0.4, 0.5) is 0 Å². The van der Waals surface area contributed by atoms with Gasteiger partial charge in [-0.25, -0.2) is 0 Å². The van der Waals surface area contributed by atoms with Gasteiger partial charge < -0.3 is 4.74 Å². The highest BCUT2D eigenvalue weighted by Crippen LogP contribution is 2.65. The molecular weight excluding hydrogens is 340 g/mol. The molecule has 1 aromatic carbocycles. The van der Waals surface area contributed by atoms with Gasteiger partial charge >= 0.3 is 0 Å². The Morgan fingerprint density at radius 1 is 0.964 bits per heavy atom. The summed E-state index contributed by atoms with van der Waals surface area (Å²) in [6.45, 7) is 5.25. The van der Waals surface area contributed by atoms with Crippen molar-refractivity contribution in [3.05, 3.63) is 47.6 Å². The maximum Gasteiger partial charge on any atom is 0.118 e. The molecule has 0 unspecified atom stereocenters. The third kappa shape index (κ3) is 2.88. The minimum Gasteiger partial charge on any atom is -0.497 e. The zero-order valence-electron chi connectivity index (χ0n) is 17.9. The molecule has 5 rings (SSSR count). The minimum absolute atomic E-state index is 0.458. The van der Waals surface area contributed by atoms with Crippen molar-refractivity contribution in [1.29, 1.82) is 0 Å². The van der Waals surface area contributed by atoms with Gasteiger partial charge in [-0.2, -0.15) is 0 Å². The number of hydrogen-bond donors (Lipinski definition) is 0. The maximum atomic E-state index is 5.31. The molecule has 0 heterocycles. The van der Waals surface area contributed by atoms with Gasteiger partial charge in [-0.1, -0.05) is 50.6 Å². The fourth-order valence-corrected chi connectivity index (χ4v) is 7.81. The monoisotopic (exact) mass is 376 g/mol. The largest absolute Gasteiger partial charge is 0.497 e. The SMILES string of the molecule is COc1ccc(/C=C2\C=C[C@@H]3CC[C@@H]4[C@@H]5CCC[C@]5(C)CC[C@@H]4[C@]3(C)C2)cc1. The highest BCUT2D eigenvalue weighted by atomic mass is 16.5. The van der Waals surface area contributed by atoms with E-state index in [1.54, 1.807) is 7.11 Å². The van der Waals surface area contributed by atoms with Gasteiger partial charge in [0.15, 0.2) is 0 Å². The van der Waals surface area contributed by atoms with Crippen molar-refractivity contribution in [2.24, 2.45) is 34.5 Å². The van der Waals surface area contributed by atoms with E-state index >= 15 is 0 Å². The molecule has 0 radical (unpaired) electrons. The zero-order valence-corrected chi connectivity index (χ0v) is 17.9. The molecule has 0 spiro atoms. The van der Waals surface area contributed by atoms with Crippen LogP contribution in [0.2, 0.25) is 0 Å². The highest BCUT2D eigenvalue weighted by Gasteiger charge is 2.56. The first-order chi connectivity index (χ1) is 13.5. The van der Waals surface area contributed by atoms with Gasteiger partial charge in [0.2, 0.25) is 0 Å². The first-order valence-electron chi connectivity index (χ1n) is 11.5. The topological polar surface area (TPSA) is 9.23 Å². The van der Waals surface area contributed by atoms with Crippen molar-refractivity contribution >= 4 is 6.08 Å². The number of hydrogen-bond acceptors (Lipinski definition) is 1. The number of methoxy groups -OCH3 is 1. The van der Waals surface area contributed by atoms with Crippen LogP contribution in [-0.4, -0.2) is 7.11 Å². The molecular formula is C27H36O. The summed E-state index contributed by atoms with van der Waals surface area (Å²) in [7, 11) is 1.73. The number of rotatable bonds is 2. The van der Waals surface area contributed by atoms with Gasteiger partial charge in [0.25, 0.3) is 0 Å². The Morgan fingerprint density at radius 3 is 2.57 bits per heavy atom. The molecule has 4 aliphatic carbocycles. The minimum atomic E-state index is 0.458. The molecule has 3 fully saturated rings. The highest BCUT2D eigenvalue weighted by molar-refractivity contribution is 5.57. The van der Waals surface area contributed by atoms with Crippen LogP contribution in [0.15, 0.2) is 42.0 Å². The first-order valence-corrected chi connectivity index (χ1v) is 11.5.